The summed E-state index contributed by atoms with van der Waals surface area (Å²) in [6, 6.07) is 6.14. The van der Waals surface area contributed by atoms with E-state index in [1.54, 1.807) is 4.90 Å². The van der Waals surface area contributed by atoms with E-state index in [1.807, 2.05) is 45.9 Å². The summed E-state index contributed by atoms with van der Waals surface area (Å²) < 4.78 is 0. The largest absolute Gasteiger partial charge is 0.353 e. The van der Waals surface area contributed by atoms with E-state index in [0.29, 0.717) is 13.0 Å². The number of hydrogen-bond donors (Lipinski definition) is 1. The zero-order valence-corrected chi connectivity index (χ0v) is 13.3. The summed E-state index contributed by atoms with van der Waals surface area (Å²) in [5, 5.41) is 2.97. The van der Waals surface area contributed by atoms with Crippen molar-refractivity contribution in [3.8, 4) is 0 Å². The first-order valence-electron chi connectivity index (χ1n) is 7.60. The molecule has 1 aliphatic rings. The van der Waals surface area contributed by atoms with Crippen LogP contribution in [0.5, 0.6) is 0 Å². The summed E-state index contributed by atoms with van der Waals surface area (Å²) in [6.45, 7) is 8.57. The second kappa shape index (κ2) is 6.29. The molecule has 4 nitrogen and oxygen atoms in total. The molecule has 1 aromatic rings. The van der Waals surface area contributed by atoms with Crippen molar-refractivity contribution < 1.29 is 9.59 Å². The van der Waals surface area contributed by atoms with Crippen LogP contribution in [-0.2, 0) is 9.59 Å². The summed E-state index contributed by atoms with van der Waals surface area (Å²) in [5.74, 6) is -0.223. The minimum Gasteiger partial charge on any atom is -0.353 e. The number of amides is 2. The van der Waals surface area contributed by atoms with Crippen LogP contribution < -0.4 is 10.2 Å². The van der Waals surface area contributed by atoms with Crippen molar-refractivity contribution in [3.05, 3.63) is 29.3 Å². The standard InChI is InChI=1S/C17H24N2O2/c1-5-13(4)18-17(21)14-9-16(20)19(10-14)15-7-6-11(2)12(3)8-15/h6-8,13-14H,5,9-10H2,1-4H3,(H,18,21)/t13-,14-/m1/s1. The number of carbonyl (C=O) groups is 2. The van der Waals surface area contributed by atoms with Gasteiger partial charge in [-0.2, -0.15) is 0 Å². The van der Waals surface area contributed by atoms with Gasteiger partial charge in [-0.3, -0.25) is 9.59 Å². The van der Waals surface area contributed by atoms with Crippen LogP contribution in [0.4, 0.5) is 5.69 Å². The lowest BCUT2D eigenvalue weighted by atomic mass is 10.1. The van der Waals surface area contributed by atoms with Gasteiger partial charge in [-0.15, -0.1) is 0 Å². The fraction of sp³-hybridized carbons (Fsp3) is 0.529. The normalized spacial score (nSPS) is 19.7. The molecule has 1 N–H and O–H groups in total. The number of anilines is 1. The highest BCUT2D eigenvalue weighted by Crippen LogP contribution is 2.27. The topological polar surface area (TPSA) is 49.4 Å². The van der Waals surface area contributed by atoms with E-state index in [2.05, 4.69) is 5.32 Å². The lowest BCUT2D eigenvalue weighted by Gasteiger charge is -2.19. The predicted octanol–water partition coefficient (Wildman–Crippen LogP) is 2.57. The molecular formula is C17H24N2O2. The second-order valence-corrected chi connectivity index (χ2v) is 5.99. The number of nitrogens with zero attached hydrogens (tertiary/aromatic N) is 1. The molecule has 0 bridgehead atoms. The third kappa shape index (κ3) is 3.43. The van der Waals surface area contributed by atoms with Gasteiger partial charge in [0, 0.05) is 24.7 Å². The van der Waals surface area contributed by atoms with Crippen LogP contribution in [0.1, 0.15) is 37.8 Å². The Morgan fingerprint density at radius 1 is 1.38 bits per heavy atom. The first kappa shape index (κ1) is 15.5. The van der Waals surface area contributed by atoms with E-state index in [1.165, 1.54) is 5.56 Å². The van der Waals surface area contributed by atoms with Gasteiger partial charge in [-0.25, -0.2) is 0 Å². The maximum Gasteiger partial charge on any atom is 0.227 e. The van der Waals surface area contributed by atoms with Crippen LogP contribution in [-0.4, -0.2) is 24.4 Å². The van der Waals surface area contributed by atoms with Crippen molar-refractivity contribution in [2.75, 3.05) is 11.4 Å². The van der Waals surface area contributed by atoms with Crippen LogP contribution in [0.15, 0.2) is 18.2 Å². The third-order valence-corrected chi connectivity index (χ3v) is 4.30. The van der Waals surface area contributed by atoms with E-state index in [4.69, 9.17) is 0 Å². The van der Waals surface area contributed by atoms with E-state index < -0.39 is 0 Å². The van der Waals surface area contributed by atoms with Crippen LogP contribution >= 0.6 is 0 Å². The van der Waals surface area contributed by atoms with E-state index in [-0.39, 0.29) is 23.8 Å². The maximum absolute atomic E-state index is 12.2. The minimum absolute atomic E-state index is 0.0102. The summed E-state index contributed by atoms with van der Waals surface area (Å²) in [5.41, 5.74) is 3.26. The number of benzene rings is 1. The second-order valence-electron chi connectivity index (χ2n) is 5.99. The molecule has 1 saturated heterocycles. The number of carbonyl (C=O) groups excluding carboxylic acids is 2. The summed E-state index contributed by atoms with van der Waals surface area (Å²) in [4.78, 5) is 26.1. The van der Waals surface area contributed by atoms with Crippen LogP contribution in [0.3, 0.4) is 0 Å². The Bertz CT molecular complexity index is 554. The zero-order valence-electron chi connectivity index (χ0n) is 13.3. The van der Waals surface area contributed by atoms with Crippen LogP contribution in [0.2, 0.25) is 0 Å². The molecule has 0 aromatic heterocycles. The Labute approximate surface area is 126 Å². The van der Waals surface area contributed by atoms with Gasteiger partial charge in [0.05, 0.1) is 5.92 Å². The number of rotatable bonds is 4. The Kier molecular flexibility index (Phi) is 4.66. The quantitative estimate of drug-likeness (QED) is 0.925. The molecule has 4 heteroatoms. The zero-order chi connectivity index (χ0) is 15.6. The molecule has 0 spiro atoms. The number of aryl methyl sites for hydroxylation is 2. The fourth-order valence-corrected chi connectivity index (χ4v) is 2.49. The Hall–Kier alpha value is -1.84. The predicted molar refractivity (Wildman–Crippen MR) is 84.3 cm³/mol. The van der Waals surface area contributed by atoms with E-state index >= 15 is 0 Å². The molecule has 0 unspecified atom stereocenters. The van der Waals surface area contributed by atoms with Gasteiger partial charge in [0.15, 0.2) is 0 Å². The Balaban J connectivity index is 2.09. The van der Waals surface area contributed by atoms with Gasteiger partial charge >= 0.3 is 0 Å². The average molecular weight is 288 g/mol. The van der Waals surface area contributed by atoms with Gasteiger partial charge in [0.25, 0.3) is 0 Å². The third-order valence-electron chi connectivity index (χ3n) is 4.30. The highest BCUT2D eigenvalue weighted by molar-refractivity contribution is 6.00. The first-order valence-corrected chi connectivity index (χ1v) is 7.60. The summed E-state index contributed by atoms with van der Waals surface area (Å²) >= 11 is 0. The fourth-order valence-electron chi connectivity index (χ4n) is 2.49. The lowest BCUT2D eigenvalue weighted by molar-refractivity contribution is -0.126. The molecular weight excluding hydrogens is 264 g/mol. The average Bonchev–Trinajstić information content (AvgIpc) is 2.84. The maximum atomic E-state index is 12.2. The van der Waals surface area contributed by atoms with Crippen molar-refractivity contribution in [1.82, 2.24) is 5.32 Å². The molecule has 21 heavy (non-hydrogen) atoms. The number of nitrogens with one attached hydrogen (secondary N) is 1. The summed E-state index contributed by atoms with van der Waals surface area (Å²) in [7, 11) is 0. The molecule has 1 fully saturated rings. The van der Waals surface area contributed by atoms with Gasteiger partial charge in [0.1, 0.15) is 0 Å². The van der Waals surface area contributed by atoms with Gasteiger partial charge in [-0.05, 0) is 50.5 Å². The highest BCUT2D eigenvalue weighted by Gasteiger charge is 2.35. The lowest BCUT2D eigenvalue weighted by Crippen LogP contribution is -2.38. The van der Waals surface area contributed by atoms with Gasteiger partial charge < -0.3 is 10.2 Å². The molecule has 114 valence electrons. The van der Waals surface area contributed by atoms with Gasteiger partial charge in [-0.1, -0.05) is 13.0 Å². The Morgan fingerprint density at radius 2 is 2.10 bits per heavy atom. The Morgan fingerprint density at radius 3 is 2.71 bits per heavy atom. The molecule has 1 aliphatic heterocycles. The van der Waals surface area contributed by atoms with Crippen LogP contribution in [0, 0.1) is 19.8 Å². The molecule has 1 heterocycles. The SMILES string of the molecule is CC[C@@H](C)NC(=O)[C@@H]1CC(=O)N(c2ccc(C)c(C)c2)C1. The smallest absolute Gasteiger partial charge is 0.227 e. The molecule has 2 amide bonds. The van der Waals surface area contributed by atoms with Crippen molar-refractivity contribution >= 4 is 17.5 Å². The summed E-state index contributed by atoms with van der Waals surface area (Å²) in [6.07, 6.45) is 1.20. The van der Waals surface area contributed by atoms with Crippen molar-refractivity contribution in [1.29, 1.82) is 0 Å². The first-order chi connectivity index (χ1) is 9.92. The molecule has 2 rings (SSSR count). The minimum atomic E-state index is -0.242. The molecule has 2 atom stereocenters. The van der Waals surface area contributed by atoms with Crippen molar-refractivity contribution in [3.63, 3.8) is 0 Å². The van der Waals surface area contributed by atoms with Crippen molar-refractivity contribution in [2.45, 2.75) is 46.6 Å². The van der Waals surface area contributed by atoms with E-state index in [0.717, 1.165) is 17.7 Å². The highest BCUT2D eigenvalue weighted by atomic mass is 16.2. The molecule has 0 radical (unpaired) electrons. The molecule has 0 saturated carbocycles. The van der Waals surface area contributed by atoms with Gasteiger partial charge in [0.2, 0.25) is 11.8 Å². The molecule has 0 aliphatic carbocycles. The number of hydrogen-bond acceptors (Lipinski definition) is 2. The van der Waals surface area contributed by atoms with E-state index in [9.17, 15) is 9.59 Å². The monoisotopic (exact) mass is 288 g/mol. The van der Waals surface area contributed by atoms with Crippen LogP contribution in [0.25, 0.3) is 0 Å². The van der Waals surface area contributed by atoms with Crippen molar-refractivity contribution in [2.24, 2.45) is 5.92 Å². The molecule has 1 aromatic carbocycles.